The van der Waals surface area contributed by atoms with Gasteiger partial charge in [0.05, 0.1) is 19.3 Å². The lowest BCUT2D eigenvalue weighted by Gasteiger charge is -2.38. The zero-order valence-corrected chi connectivity index (χ0v) is 14.7. The van der Waals surface area contributed by atoms with Crippen molar-refractivity contribution in [2.24, 2.45) is 0 Å². The van der Waals surface area contributed by atoms with Gasteiger partial charge in [-0.1, -0.05) is 12.1 Å². The Morgan fingerprint density at radius 3 is 2.84 bits per heavy atom. The number of para-hydroxylation sites is 2. The molecule has 1 amide bonds. The lowest BCUT2D eigenvalue weighted by atomic mass is 9.96. The average molecular weight is 343 g/mol. The summed E-state index contributed by atoms with van der Waals surface area (Å²) < 4.78 is 11.3. The number of hydrogen-bond donors (Lipinski definition) is 0. The molecular formula is C19H25N3O3. The number of morpholine rings is 1. The third-order valence-corrected chi connectivity index (χ3v) is 5.34. The summed E-state index contributed by atoms with van der Waals surface area (Å²) in [6.07, 6.45) is 2.12. The minimum Gasteiger partial charge on any atom is -0.440 e. The van der Waals surface area contributed by atoms with Crippen LogP contribution in [-0.2, 0) is 9.53 Å². The van der Waals surface area contributed by atoms with Crippen LogP contribution >= 0.6 is 0 Å². The number of oxazole rings is 1. The number of carbonyl (C=O) groups is 1. The van der Waals surface area contributed by atoms with E-state index in [1.807, 2.05) is 36.1 Å². The minimum absolute atomic E-state index is 0.106. The quantitative estimate of drug-likeness (QED) is 0.855. The van der Waals surface area contributed by atoms with Crippen molar-refractivity contribution in [3.05, 3.63) is 30.2 Å². The maximum Gasteiger partial charge on any atom is 0.239 e. The summed E-state index contributed by atoms with van der Waals surface area (Å²) in [5, 5.41) is 0. The van der Waals surface area contributed by atoms with Crippen LogP contribution in [0.15, 0.2) is 28.7 Å². The molecule has 0 N–H and O–H groups in total. The molecule has 2 fully saturated rings. The number of likely N-dealkylation sites (tertiary alicyclic amines) is 1. The lowest BCUT2D eigenvalue weighted by molar-refractivity contribution is -0.141. The highest BCUT2D eigenvalue weighted by Gasteiger charge is 2.32. The molecule has 0 bridgehead atoms. The smallest absolute Gasteiger partial charge is 0.239 e. The van der Waals surface area contributed by atoms with Crippen molar-refractivity contribution in [3.63, 3.8) is 0 Å². The Morgan fingerprint density at radius 2 is 2.04 bits per heavy atom. The van der Waals surface area contributed by atoms with Gasteiger partial charge in [-0.3, -0.25) is 9.69 Å². The number of aromatic nitrogens is 1. The summed E-state index contributed by atoms with van der Waals surface area (Å²) in [4.78, 5) is 21.6. The number of ether oxygens (including phenoxy) is 1. The van der Waals surface area contributed by atoms with Crippen molar-refractivity contribution in [1.82, 2.24) is 14.8 Å². The fourth-order valence-electron chi connectivity index (χ4n) is 3.83. The third-order valence-electron chi connectivity index (χ3n) is 5.34. The number of fused-ring (bicyclic) bond motifs is 1. The molecular weight excluding hydrogens is 318 g/mol. The standard InChI is InChI=1S/C19H25N3O3/c1-14(19(23)21-9-11-24-12-10-21)22-8-4-5-15(13-22)18-20-16-6-2-3-7-17(16)25-18/h2-3,6-7,14-15H,4-5,8-13H2,1H3. The number of nitrogens with zero attached hydrogens (tertiary/aromatic N) is 3. The van der Waals surface area contributed by atoms with Crippen LogP contribution in [0.3, 0.4) is 0 Å². The minimum atomic E-state index is -0.106. The highest BCUT2D eigenvalue weighted by atomic mass is 16.5. The van der Waals surface area contributed by atoms with E-state index in [0.29, 0.717) is 26.3 Å². The van der Waals surface area contributed by atoms with Gasteiger partial charge < -0.3 is 14.1 Å². The monoisotopic (exact) mass is 343 g/mol. The summed E-state index contributed by atoms with van der Waals surface area (Å²) in [6, 6.07) is 7.77. The topological polar surface area (TPSA) is 58.8 Å². The molecule has 2 atom stereocenters. The molecule has 6 nitrogen and oxygen atoms in total. The molecule has 0 radical (unpaired) electrons. The van der Waals surface area contributed by atoms with Gasteiger partial charge in [0.15, 0.2) is 11.5 Å². The summed E-state index contributed by atoms with van der Waals surface area (Å²) in [5.41, 5.74) is 1.75. The van der Waals surface area contributed by atoms with Crippen LogP contribution in [0, 0.1) is 0 Å². The average Bonchev–Trinajstić information content (AvgIpc) is 3.12. The van der Waals surface area contributed by atoms with Gasteiger partial charge in [-0.15, -0.1) is 0 Å². The van der Waals surface area contributed by atoms with Crippen molar-refractivity contribution in [1.29, 1.82) is 0 Å². The van der Waals surface area contributed by atoms with Crippen LogP contribution in [-0.4, -0.2) is 66.1 Å². The van der Waals surface area contributed by atoms with E-state index in [1.165, 1.54) is 0 Å². The van der Waals surface area contributed by atoms with E-state index in [1.54, 1.807) is 0 Å². The predicted octanol–water partition coefficient (Wildman–Crippen LogP) is 2.25. The van der Waals surface area contributed by atoms with Gasteiger partial charge in [-0.05, 0) is 38.4 Å². The first-order valence-electron chi connectivity index (χ1n) is 9.18. The van der Waals surface area contributed by atoms with Crippen molar-refractivity contribution in [2.45, 2.75) is 31.7 Å². The fourth-order valence-corrected chi connectivity index (χ4v) is 3.83. The Labute approximate surface area is 147 Å². The van der Waals surface area contributed by atoms with Crippen LogP contribution in [0.25, 0.3) is 11.1 Å². The third kappa shape index (κ3) is 3.41. The number of amides is 1. The zero-order valence-electron chi connectivity index (χ0n) is 14.7. The van der Waals surface area contributed by atoms with E-state index >= 15 is 0 Å². The molecule has 6 heteroatoms. The summed E-state index contributed by atoms with van der Waals surface area (Å²) in [7, 11) is 0. The van der Waals surface area contributed by atoms with E-state index in [0.717, 1.165) is 42.9 Å². The molecule has 2 aliphatic heterocycles. The van der Waals surface area contributed by atoms with E-state index in [-0.39, 0.29) is 17.9 Å². The fraction of sp³-hybridized carbons (Fsp3) is 0.579. The highest BCUT2D eigenvalue weighted by Crippen LogP contribution is 2.30. The molecule has 2 unspecified atom stereocenters. The molecule has 25 heavy (non-hydrogen) atoms. The van der Waals surface area contributed by atoms with Gasteiger partial charge in [-0.2, -0.15) is 0 Å². The van der Waals surface area contributed by atoms with Crippen molar-refractivity contribution >= 4 is 17.0 Å². The van der Waals surface area contributed by atoms with Gasteiger partial charge >= 0.3 is 0 Å². The molecule has 0 spiro atoms. The second-order valence-electron chi connectivity index (χ2n) is 6.97. The van der Waals surface area contributed by atoms with Gasteiger partial charge in [0.2, 0.25) is 5.91 Å². The van der Waals surface area contributed by atoms with Crippen LogP contribution in [0.2, 0.25) is 0 Å². The summed E-state index contributed by atoms with van der Waals surface area (Å²) in [5.74, 6) is 1.26. The number of hydrogen-bond acceptors (Lipinski definition) is 5. The molecule has 2 saturated heterocycles. The van der Waals surface area contributed by atoms with Crippen molar-refractivity contribution < 1.29 is 13.9 Å². The molecule has 0 aliphatic carbocycles. The van der Waals surface area contributed by atoms with Crippen molar-refractivity contribution in [2.75, 3.05) is 39.4 Å². The van der Waals surface area contributed by atoms with Crippen LogP contribution in [0.1, 0.15) is 31.6 Å². The molecule has 134 valence electrons. The Bertz CT molecular complexity index is 705. The molecule has 1 aromatic heterocycles. The van der Waals surface area contributed by atoms with Gasteiger partial charge in [0, 0.05) is 25.6 Å². The van der Waals surface area contributed by atoms with Crippen molar-refractivity contribution in [3.8, 4) is 0 Å². The molecule has 3 heterocycles. The number of benzene rings is 1. The first-order valence-corrected chi connectivity index (χ1v) is 9.18. The van der Waals surface area contributed by atoms with Gasteiger partial charge in [-0.25, -0.2) is 4.98 Å². The number of piperidine rings is 1. The molecule has 1 aromatic carbocycles. The van der Waals surface area contributed by atoms with Gasteiger partial charge in [0.1, 0.15) is 5.52 Å². The molecule has 2 aromatic rings. The van der Waals surface area contributed by atoms with Crippen LogP contribution < -0.4 is 0 Å². The Balaban J connectivity index is 1.45. The SMILES string of the molecule is CC(C(=O)N1CCOCC1)N1CCCC(c2nc3ccccc3o2)C1. The second kappa shape index (κ2) is 7.14. The number of rotatable bonds is 3. The van der Waals surface area contributed by atoms with E-state index in [9.17, 15) is 4.79 Å². The maximum atomic E-state index is 12.8. The normalized spacial score (nSPS) is 23.7. The lowest BCUT2D eigenvalue weighted by Crippen LogP contribution is -2.52. The summed E-state index contributed by atoms with van der Waals surface area (Å²) >= 11 is 0. The predicted molar refractivity (Wildman–Crippen MR) is 94.4 cm³/mol. The van der Waals surface area contributed by atoms with E-state index < -0.39 is 0 Å². The molecule has 4 rings (SSSR count). The van der Waals surface area contributed by atoms with E-state index in [4.69, 9.17) is 9.15 Å². The summed E-state index contributed by atoms with van der Waals surface area (Å²) in [6.45, 7) is 6.48. The maximum absolute atomic E-state index is 12.8. The van der Waals surface area contributed by atoms with Crippen LogP contribution in [0.4, 0.5) is 0 Å². The van der Waals surface area contributed by atoms with E-state index in [2.05, 4.69) is 9.88 Å². The highest BCUT2D eigenvalue weighted by molar-refractivity contribution is 5.81. The Morgan fingerprint density at radius 1 is 1.24 bits per heavy atom. The number of carbonyl (C=O) groups excluding carboxylic acids is 1. The molecule has 2 aliphatic rings. The zero-order chi connectivity index (χ0) is 17.2. The Kier molecular flexibility index (Phi) is 4.72. The Hall–Kier alpha value is -1.92. The molecule has 0 saturated carbocycles. The second-order valence-corrected chi connectivity index (χ2v) is 6.97. The first kappa shape index (κ1) is 16.5. The first-order chi connectivity index (χ1) is 12.2. The van der Waals surface area contributed by atoms with Crippen LogP contribution in [0.5, 0.6) is 0 Å². The largest absolute Gasteiger partial charge is 0.440 e. The van der Waals surface area contributed by atoms with Gasteiger partial charge in [0.25, 0.3) is 0 Å².